The van der Waals surface area contributed by atoms with Crippen LogP contribution in [0.5, 0.6) is 0 Å². The first-order valence-electron chi connectivity index (χ1n) is 4.76. The maximum atomic E-state index is 10.7. The Bertz CT molecular complexity index is 267. The third kappa shape index (κ3) is 2.87. The summed E-state index contributed by atoms with van der Waals surface area (Å²) < 4.78 is 0. The van der Waals surface area contributed by atoms with E-state index in [0.29, 0.717) is 31.3 Å². The van der Waals surface area contributed by atoms with Gasteiger partial charge in [-0.1, -0.05) is 6.08 Å². The van der Waals surface area contributed by atoms with Gasteiger partial charge in [-0.25, -0.2) is 4.79 Å². The van der Waals surface area contributed by atoms with Gasteiger partial charge in [0.1, 0.15) is 0 Å². The first kappa shape index (κ1) is 10.8. The molecular weight excluding hydrogens is 184 g/mol. The summed E-state index contributed by atoms with van der Waals surface area (Å²) in [5.41, 5.74) is 0.357. The molecule has 0 amide bonds. The van der Waals surface area contributed by atoms with Crippen LogP contribution in [0.15, 0.2) is 11.6 Å². The van der Waals surface area contributed by atoms with Crippen LogP contribution in [0.3, 0.4) is 0 Å². The number of hydrogen-bond donors (Lipinski definition) is 2. The van der Waals surface area contributed by atoms with Crippen molar-refractivity contribution in [3.8, 4) is 0 Å². The predicted molar refractivity (Wildman–Crippen MR) is 49.9 cm³/mol. The van der Waals surface area contributed by atoms with Gasteiger partial charge in [0.25, 0.3) is 0 Å². The molecular formula is C10H14O4. The van der Waals surface area contributed by atoms with E-state index in [2.05, 4.69) is 0 Å². The molecule has 1 aliphatic rings. The Kier molecular flexibility index (Phi) is 3.68. The van der Waals surface area contributed by atoms with Crippen molar-refractivity contribution < 1.29 is 19.8 Å². The molecule has 0 saturated heterocycles. The summed E-state index contributed by atoms with van der Waals surface area (Å²) in [6, 6.07) is 0. The van der Waals surface area contributed by atoms with Crippen molar-refractivity contribution >= 4 is 11.9 Å². The van der Waals surface area contributed by atoms with Crippen LogP contribution in [0.25, 0.3) is 0 Å². The quantitative estimate of drug-likeness (QED) is 0.707. The van der Waals surface area contributed by atoms with Crippen LogP contribution < -0.4 is 0 Å². The number of rotatable bonds is 2. The third-order valence-corrected chi connectivity index (χ3v) is 2.53. The molecule has 0 saturated carbocycles. The van der Waals surface area contributed by atoms with Crippen molar-refractivity contribution in [2.24, 2.45) is 5.92 Å². The number of allylic oxidation sites excluding steroid dienone is 1. The zero-order valence-electron chi connectivity index (χ0n) is 7.90. The summed E-state index contributed by atoms with van der Waals surface area (Å²) in [6.45, 7) is 0. The standard InChI is InChI=1S/C10H14O4/c11-9(12)7-3-1-2-4-8(6-5-7)10(13)14/h3,8H,1-2,4-6H2,(H,11,12)(H,13,14). The highest BCUT2D eigenvalue weighted by Crippen LogP contribution is 2.22. The average molecular weight is 198 g/mol. The summed E-state index contributed by atoms with van der Waals surface area (Å²) in [6.07, 6.45) is 4.60. The highest BCUT2D eigenvalue weighted by atomic mass is 16.4. The minimum absolute atomic E-state index is 0.357. The van der Waals surface area contributed by atoms with Crippen molar-refractivity contribution in [2.75, 3.05) is 0 Å². The van der Waals surface area contributed by atoms with Gasteiger partial charge >= 0.3 is 11.9 Å². The minimum Gasteiger partial charge on any atom is -0.481 e. The van der Waals surface area contributed by atoms with Crippen molar-refractivity contribution in [1.29, 1.82) is 0 Å². The van der Waals surface area contributed by atoms with Gasteiger partial charge in [0.05, 0.1) is 5.92 Å². The Balaban J connectivity index is 2.62. The van der Waals surface area contributed by atoms with E-state index < -0.39 is 11.9 Å². The lowest BCUT2D eigenvalue weighted by Crippen LogP contribution is -2.16. The van der Waals surface area contributed by atoms with E-state index in [4.69, 9.17) is 10.2 Å². The van der Waals surface area contributed by atoms with Crippen LogP contribution in [-0.2, 0) is 9.59 Å². The van der Waals surface area contributed by atoms with Gasteiger partial charge in [-0.2, -0.15) is 0 Å². The summed E-state index contributed by atoms with van der Waals surface area (Å²) >= 11 is 0. The topological polar surface area (TPSA) is 74.6 Å². The maximum Gasteiger partial charge on any atom is 0.331 e. The molecule has 14 heavy (non-hydrogen) atoms. The van der Waals surface area contributed by atoms with Gasteiger partial charge in [0.2, 0.25) is 0 Å². The highest BCUT2D eigenvalue weighted by Gasteiger charge is 2.20. The molecule has 1 unspecified atom stereocenters. The zero-order valence-corrected chi connectivity index (χ0v) is 7.90. The zero-order chi connectivity index (χ0) is 10.6. The fourth-order valence-electron chi connectivity index (χ4n) is 1.66. The van der Waals surface area contributed by atoms with Gasteiger partial charge in [-0.05, 0) is 32.1 Å². The smallest absolute Gasteiger partial charge is 0.331 e. The number of carbonyl (C=O) groups is 2. The number of carboxylic acid groups (broad SMARTS) is 2. The van der Waals surface area contributed by atoms with Crippen LogP contribution in [0, 0.1) is 5.92 Å². The third-order valence-electron chi connectivity index (χ3n) is 2.53. The van der Waals surface area contributed by atoms with Crippen LogP contribution in [-0.4, -0.2) is 22.2 Å². The summed E-state index contributed by atoms with van der Waals surface area (Å²) in [7, 11) is 0. The first-order chi connectivity index (χ1) is 6.61. The van der Waals surface area contributed by atoms with Crippen LogP contribution in [0.2, 0.25) is 0 Å². The second-order valence-corrected chi connectivity index (χ2v) is 3.54. The molecule has 0 aromatic heterocycles. The van der Waals surface area contributed by atoms with E-state index >= 15 is 0 Å². The van der Waals surface area contributed by atoms with E-state index in [1.807, 2.05) is 0 Å². The molecule has 1 rings (SSSR count). The van der Waals surface area contributed by atoms with E-state index in [1.54, 1.807) is 6.08 Å². The number of aliphatic carboxylic acids is 2. The van der Waals surface area contributed by atoms with Gasteiger partial charge in [-0.3, -0.25) is 4.79 Å². The molecule has 4 nitrogen and oxygen atoms in total. The molecule has 78 valence electrons. The van der Waals surface area contributed by atoms with Crippen molar-refractivity contribution in [3.63, 3.8) is 0 Å². The second kappa shape index (κ2) is 4.79. The van der Waals surface area contributed by atoms with Crippen LogP contribution in [0.4, 0.5) is 0 Å². The molecule has 2 N–H and O–H groups in total. The maximum absolute atomic E-state index is 10.7. The summed E-state index contributed by atoms with van der Waals surface area (Å²) in [5.74, 6) is -2.11. The lowest BCUT2D eigenvalue weighted by molar-refractivity contribution is -0.142. The fourth-order valence-corrected chi connectivity index (χ4v) is 1.66. The lowest BCUT2D eigenvalue weighted by Gasteiger charge is -2.14. The minimum atomic E-state index is -0.920. The Labute approximate surface area is 82.2 Å². The molecule has 0 aromatic rings. The molecule has 1 aliphatic carbocycles. The molecule has 0 heterocycles. The van der Waals surface area contributed by atoms with Crippen molar-refractivity contribution in [1.82, 2.24) is 0 Å². The molecule has 0 aromatic carbocycles. The van der Waals surface area contributed by atoms with E-state index in [9.17, 15) is 9.59 Å². The molecule has 4 heteroatoms. The fraction of sp³-hybridized carbons (Fsp3) is 0.600. The Morgan fingerprint density at radius 1 is 1.29 bits per heavy atom. The Morgan fingerprint density at radius 2 is 2.00 bits per heavy atom. The normalized spacial score (nSPS) is 23.1. The highest BCUT2D eigenvalue weighted by molar-refractivity contribution is 5.86. The average Bonchev–Trinajstić information content (AvgIpc) is 2.01. The molecule has 0 aliphatic heterocycles. The molecule has 1 atom stereocenters. The Morgan fingerprint density at radius 3 is 2.57 bits per heavy atom. The van der Waals surface area contributed by atoms with Gasteiger partial charge < -0.3 is 10.2 Å². The van der Waals surface area contributed by atoms with E-state index in [-0.39, 0.29) is 5.92 Å². The second-order valence-electron chi connectivity index (χ2n) is 3.54. The lowest BCUT2D eigenvalue weighted by atomic mass is 9.91. The monoisotopic (exact) mass is 198 g/mol. The number of carboxylic acids is 2. The largest absolute Gasteiger partial charge is 0.481 e. The molecule has 0 radical (unpaired) electrons. The molecule has 0 fully saturated rings. The van der Waals surface area contributed by atoms with Gasteiger partial charge in [0, 0.05) is 5.57 Å². The van der Waals surface area contributed by atoms with Crippen molar-refractivity contribution in [3.05, 3.63) is 11.6 Å². The molecule has 0 bridgehead atoms. The van der Waals surface area contributed by atoms with Crippen molar-refractivity contribution in [2.45, 2.75) is 32.1 Å². The van der Waals surface area contributed by atoms with E-state index in [0.717, 1.165) is 6.42 Å². The number of hydrogen-bond acceptors (Lipinski definition) is 2. The Hall–Kier alpha value is -1.32. The van der Waals surface area contributed by atoms with Crippen LogP contribution in [0.1, 0.15) is 32.1 Å². The summed E-state index contributed by atoms with van der Waals surface area (Å²) in [5, 5.41) is 17.6. The first-order valence-corrected chi connectivity index (χ1v) is 4.76. The molecule has 0 spiro atoms. The van der Waals surface area contributed by atoms with Gasteiger partial charge in [-0.15, -0.1) is 0 Å². The predicted octanol–water partition coefficient (Wildman–Crippen LogP) is 1.66. The van der Waals surface area contributed by atoms with Gasteiger partial charge in [0.15, 0.2) is 0 Å². The summed E-state index contributed by atoms with van der Waals surface area (Å²) in [4.78, 5) is 21.4. The van der Waals surface area contributed by atoms with Crippen LogP contribution >= 0.6 is 0 Å². The SMILES string of the molecule is O=C(O)C1=CCCCC(C(=O)O)CC1. The van der Waals surface area contributed by atoms with E-state index in [1.165, 1.54) is 0 Å².